The standard InChI is InChI=1S/C14H19FN2O2S/c1-8-12(15)6-11(16)7-14(8)20(18,19)17-13-5-9-2-3-10(13)4-9/h6-7,9-10,13,17H,2-5,16H2,1H3. The second-order valence-electron chi connectivity index (χ2n) is 6.03. The number of nitrogen functional groups attached to an aromatic ring is 1. The van der Waals surface area contributed by atoms with Crippen molar-refractivity contribution in [3.63, 3.8) is 0 Å². The highest BCUT2D eigenvalue weighted by Crippen LogP contribution is 2.44. The summed E-state index contributed by atoms with van der Waals surface area (Å²) in [6, 6.07) is 2.46. The average Bonchev–Trinajstić information content (AvgIpc) is 2.95. The van der Waals surface area contributed by atoms with Gasteiger partial charge in [0.2, 0.25) is 10.0 Å². The Morgan fingerprint density at radius 1 is 1.30 bits per heavy atom. The van der Waals surface area contributed by atoms with Crippen LogP contribution in [-0.2, 0) is 10.0 Å². The van der Waals surface area contributed by atoms with Crippen molar-refractivity contribution in [1.29, 1.82) is 0 Å². The molecule has 1 aromatic rings. The van der Waals surface area contributed by atoms with Crippen LogP contribution in [0.5, 0.6) is 0 Å². The monoisotopic (exact) mass is 298 g/mol. The van der Waals surface area contributed by atoms with Gasteiger partial charge in [0.05, 0.1) is 4.90 Å². The molecular weight excluding hydrogens is 279 g/mol. The molecule has 20 heavy (non-hydrogen) atoms. The van der Waals surface area contributed by atoms with Crippen LogP contribution in [0, 0.1) is 24.6 Å². The number of nitrogens with one attached hydrogen (secondary N) is 1. The summed E-state index contributed by atoms with van der Waals surface area (Å²) < 4.78 is 41.3. The smallest absolute Gasteiger partial charge is 0.241 e. The van der Waals surface area contributed by atoms with Crippen molar-refractivity contribution in [1.82, 2.24) is 4.72 Å². The number of hydrogen-bond donors (Lipinski definition) is 2. The lowest BCUT2D eigenvalue weighted by molar-refractivity contribution is 0.390. The van der Waals surface area contributed by atoms with Crippen LogP contribution in [0.25, 0.3) is 0 Å². The number of fused-ring (bicyclic) bond motifs is 2. The molecule has 2 aliphatic carbocycles. The number of sulfonamides is 1. The van der Waals surface area contributed by atoms with E-state index in [0.29, 0.717) is 11.8 Å². The van der Waals surface area contributed by atoms with Gasteiger partial charge in [-0.25, -0.2) is 17.5 Å². The fraction of sp³-hybridized carbons (Fsp3) is 0.571. The van der Waals surface area contributed by atoms with Crippen LogP contribution in [0.4, 0.5) is 10.1 Å². The maximum Gasteiger partial charge on any atom is 0.241 e. The van der Waals surface area contributed by atoms with Gasteiger partial charge in [-0.15, -0.1) is 0 Å². The summed E-state index contributed by atoms with van der Waals surface area (Å²) in [5, 5.41) is 0. The zero-order chi connectivity index (χ0) is 14.5. The molecule has 0 saturated heterocycles. The first-order valence-electron chi connectivity index (χ1n) is 6.95. The van der Waals surface area contributed by atoms with Gasteiger partial charge in [-0.1, -0.05) is 6.42 Å². The molecule has 1 aromatic carbocycles. The fourth-order valence-electron chi connectivity index (χ4n) is 3.60. The average molecular weight is 298 g/mol. The van der Waals surface area contributed by atoms with Crippen molar-refractivity contribution in [2.45, 2.75) is 43.5 Å². The fourth-order valence-corrected chi connectivity index (χ4v) is 5.21. The molecule has 0 aliphatic heterocycles. The van der Waals surface area contributed by atoms with Crippen molar-refractivity contribution in [2.75, 3.05) is 5.73 Å². The van der Waals surface area contributed by atoms with Crippen molar-refractivity contribution in [2.24, 2.45) is 11.8 Å². The van der Waals surface area contributed by atoms with Crippen LogP contribution in [0.2, 0.25) is 0 Å². The summed E-state index contributed by atoms with van der Waals surface area (Å²) >= 11 is 0. The molecule has 0 amide bonds. The first-order chi connectivity index (χ1) is 9.37. The van der Waals surface area contributed by atoms with Gasteiger partial charge in [0, 0.05) is 17.3 Å². The highest BCUT2D eigenvalue weighted by atomic mass is 32.2. The van der Waals surface area contributed by atoms with E-state index in [2.05, 4.69) is 4.72 Å². The van der Waals surface area contributed by atoms with Crippen LogP contribution >= 0.6 is 0 Å². The van der Waals surface area contributed by atoms with Gasteiger partial charge < -0.3 is 5.73 Å². The van der Waals surface area contributed by atoms with E-state index in [4.69, 9.17) is 5.73 Å². The van der Waals surface area contributed by atoms with Gasteiger partial charge in [-0.05, 0) is 50.2 Å². The minimum Gasteiger partial charge on any atom is -0.399 e. The maximum absolute atomic E-state index is 13.7. The summed E-state index contributed by atoms with van der Waals surface area (Å²) in [7, 11) is -3.71. The molecule has 3 atom stereocenters. The molecule has 2 bridgehead atoms. The lowest BCUT2D eigenvalue weighted by Gasteiger charge is -2.23. The van der Waals surface area contributed by atoms with Crippen molar-refractivity contribution < 1.29 is 12.8 Å². The predicted molar refractivity (Wildman–Crippen MR) is 75.1 cm³/mol. The summed E-state index contributed by atoms with van der Waals surface area (Å²) in [6.07, 6.45) is 4.29. The Hall–Kier alpha value is -1.14. The Labute approximate surface area is 118 Å². The zero-order valence-electron chi connectivity index (χ0n) is 11.4. The maximum atomic E-state index is 13.7. The molecule has 3 rings (SSSR count). The third-order valence-electron chi connectivity index (χ3n) is 4.65. The van der Waals surface area contributed by atoms with E-state index >= 15 is 0 Å². The van der Waals surface area contributed by atoms with E-state index < -0.39 is 15.8 Å². The minimum absolute atomic E-state index is 0.0114. The first kappa shape index (κ1) is 13.8. The molecule has 110 valence electrons. The number of anilines is 1. The molecule has 2 saturated carbocycles. The zero-order valence-corrected chi connectivity index (χ0v) is 12.2. The van der Waals surface area contributed by atoms with Gasteiger partial charge in [0.1, 0.15) is 5.82 Å². The second-order valence-corrected chi connectivity index (χ2v) is 7.71. The predicted octanol–water partition coefficient (Wildman–Crippen LogP) is 2.18. The number of benzene rings is 1. The minimum atomic E-state index is -3.71. The number of nitrogens with two attached hydrogens (primary N) is 1. The molecule has 0 spiro atoms. The molecule has 2 fully saturated rings. The molecule has 6 heteroatoms. The van der Waals surface area contributed by atoms with E-state index in [9.17, 15) is 12.8 Å². The van der Waals surface area contributed by atoms with Gasteiger partial charge >= 0.3 is 0 Å². The Kier molecular flexibility index (Phi) is 3.25. The molecule has 3 N–H and O–H groups in total. The first-order valence-corrected chi connectivity index (χ1v) is 8.43. The molecule has 0 heterocycles. The Balaban J connectivity index is 1.89. The second kappa shape index (κ2) is 4.70. The van der Waals surface area contributed by atoms with Crippen LogP contribution in [-0.4, -0.2) is 14.5 Å². The summed E-state index contributed by atoms with van der Waals surface area (Å²) in [4.78, 5) is -0.0437. The highest BCUT2D eigenvalue weighted by Gasteiger charge is 2.41. The van der Waals surface area contributed by atoms with Crippen LogP contribution in [0.15, 0.2) is 17.0 Å². The van der Waals surface area contributed by atoms with Crippen LogP contribution in [0.1, 0.15) is 31.2 Å². The summed E-state index contributed by atoms with van der Waals surface area (Å²) in [5.74, 6) is 0.491. The van der Waals surface area contributed by atoms with E-state index in [0.717, 1.165) is 25.3 Å². The van der Waals surface area contributed by atoms with E-state index in [1.54, 1.807) is 0 Å². The Morgan fingerprint density at radius 3 is 2.65 bits per heavy atom. The molecule has 3 unspecified atom stereocenters. The number of hydrogen-bond acceptors (Lipinski definition) is 3. The third-order valence-corrected chi connectivity index (χ3v) is 6.27. The molecule has 4 nitrogen and oxygen atoms in total. The largest absolute Gasteiger partial charge is 0.399 e. The third kappa shape index (κ3) is 2.31. The lowest BCUT2D eigenvalue weighted by Crippen LogP contribution is -2.38. The Morgan fingerprint density at radius 2 is 2.05 bits per heavy atom. The molecule has 0 radical (unpaired) electrons. The van der Waals surface area contributed by atoms with Gasteiger partial charge in [-0.2, -0.15) is 0 Å². The molecule has 0 aromatic heterocycles. The molecule has 2 aliphatic rings. The normalized spacial score (nSPS) is 29.0. The summed E-state index contributed by atoms with van der Waals surface area (Å²) in [5.41, 5.74) is 5.81. The van der Waals surface area contributed by atoms with Crippen LogP contribution < -0.4 is 10.5 Å². The highest BCUT2D eigenvalue weighted by molar-refractivity contribution is 7.89. The number of halogens is 1. The van der Waals surface area contributed by atoms with Crippen molar-refractivity contribution in [3.05, 3.63) is 23.5 Å². The number of rotatable bonds is 3. The summed E-state index contributed by atoms with van der Waals surface area (Å²) in [6.45, 7) is 1.46. The van der Waals surface area contributed by atoms with Crippen molar-refractivity contribution in [3.8, 4) is 0 Å². The SMILES string of the molecule is Cc1c(F)cc(N)cc1S(=O)(=O)NC1CC2CCC1C2. The van der Waals surface area contributed by atoms with Crippen LogP contribution in [0.3, 0.4) is 0 Å². The molecular formula is C14H19FN2O2S. The van der Waals surface area contributed by atoms with Crippen molar-refractivity contribution >= 4 is 15.7 Å². The van der Waals surface area contributed by atoms with Gasteiger partial charge in [-0.3, -0.25) is 0 Å². The Bertz CT molecular complexity index is 645. The van der Waals surface area contributed by atoms with Gasteiger partial charge in [0.15, 0.2) is 0 Å². The topological polar surface area (TPSA) is 72.2 Å². The van der Waals surface area contributed by atoms with E-state index in [1.807, 2.05) is 0 Å². The van der Waals surface area contributed by atoms with E-state index in [1.165, 1.54) is 19.4 Å². The quantitative estimate of drug-likeness (QED) is 0.840. The van der Waals surface area contributed by atoms with Gasteiger partial charge in [0.25, 0.3) is 0 Å². The lowest BCUT2D eigenvalue weighted by atomic mass is 9.96. The van der Waals surface area contributed by atoms with E-state index in [-0.39, 0.29) is 22.2 Å².